The van der Waals surface area contributed by atoms with E-state index in [4.69, 9.17) is 18.9 Å². The molecule has 0 saturated heterocycles. The molecule has 0 bridgehead atoms. The highest BCUT2D eigenvalue weighted by Crippen LogP contribution is 2.68. The van der Waals surface area contributed by atoms with Crippen molar-refractivity contribution in [2.75, 3.05) is 0 Å². The van der Waals surface area contributed by atoms with E-state index in [2.05, 4.69) is 20.8 Å². The zero-order valence-corrected chi connectivity index (χ0v) is 32.5. The second-order valence-electron chi connectivity index (χ2n) is 16.9. The van der Waals surface area contributed by atoms with Gasteiger partial charge in [-0.3, -0.25) is 24.0 Å². The molecule has 9 heteroatoms. The molecule has 0 N–H and O–H groups in total. The summed E-state index contributed by atoms with van der Waals surface area (Å²) in [5.74, 6) is -2.74. The first-order valence-corrected chi connectivity index (χ1v) is 20.0. The monoisotopic (exact) mass is 702 g/mol. The molecule has 4 aliphatic carbocycles. The van der Waals surface area contributed by atoms with Crippen LogP contribution in [0.15, 0.2) is 0 Å². The molecule has 50 heavy (non-hydrogen) atoms. The third kappa shape index (κ3) is 7.96. The lowest BCUT2D eigenvalue weighted by Crippen LogP contribution is -2.58. The summed E-state index contributed by atoms with van der Waals surface area (Å²) in [6.45, 7) is 17.6. The van der Waals surface area contributed by atoms with Crippen molar-refractivity contribution in [2.45, 2.75) is 171 Å². The lowest BCUT2D eigenvalue weighted by Gasteiger charge is -2.60. The van der Waals surface area contributed by atoms with Crippen LogP contribution in [0.5, 0.6) is 0 Å². The Labute approximate surface area is 301 Å². The number of rotatable bonds is 15. The van der Waals surface area contributed by atoms with E-state index >= 15 is 0 Å². The third-order valence-electron chi connectivity index (χ3n) is 13.9. The third-order valence-corrected chi connectivity index (χ3v) is 13.9. The van der Waals surface area contributed by atoms with Gasteiger partial charge in [-0.25, -0.2) is 0 Å². The number of ether oxygens (including phenoxy) is 4. The van der Waals surface area contributed by atoms with Crippen LogP contribution in [-0.4, -0.2) is 41.7 Å². The smallest absolute Gasteiger partial charge is 0.449 e. The number of carbonyl (C=O) groups excluding carboxylic acids is 5. The van der Waals surface area contributed by atoms with Crippen molar-refractivity contribution in [3.8, 4) is 0 Å². The van der Waals surface area contributed by atoms with Crippen molar-refractivity contribution in [2.24, 2.45) is 58.2 Å². The first-order valence-electron chi connectivity index (χ1n) is 20.0. The SMILES string of the molecule is CCC(=O)OC([C@H](CC[C@@H](C)[C@H]1CC[C@H]2[C@@H]3CC(=O)C4CCCC[C@]4(C)[C@H]3CC[C@]12C)C(C)C)C(OC(=O)CC)(OC(=O)CC)OC(=O)CC. The Morgan fingerprint density at radius 2 is 1.28 bits per heavy atom. The van der Waals surface area contributed by atoms with Gasteiger partial charge in [-0.15, -0.1) is 0 Å². The number of hydrogen-bond acceptors (Lipinski definition) is 9. The lowest BCUT2D eigenvalue weighted by molar-refractivity contribution is -0.372. The van der Waals surface area contributed by atoms with Crippen molar-refractivity contribution < 1.29 is 42.9 Å². The van der Waals surface area contributed by atoms with Gasteiger partial charge in [-0.1, -0.05) is 81.6 Å². The molecule has 0 radical (unpaired) electrons. The molecule has 0 aromatic rings. The molecule has 4 saturated carbocycles. The Hall–Kier alpha value is -2.45. The average Bonchev–Trinajstić information content (AvgIpc) is 3.44. The average molecular weight is 703 g/mol. The van der Waals surface area contributed by atoms with Crippen molar-refractivity contribution >= 4 is 29.7 Å². The Morgan fingerprint density at radius 1 is 0.720 bits per heavy atom. The van der Waals surface area contributed by atoms with Gasteiger partial charge in [-0.05, 0) is 91.3 Å². The Kier molecular flexibility index (Phi) is 13.3. The molecule has 0 heterocycles. The van der Waals surface area contributed by atoms with E-state index in [9.17, 15) is 24.0 Å². The molecule has 0 aromatic carbocycles. The molecule has 284 valence electrons. The number of carbonyl (C=O) groups is 5. The fraction of sp³-hybridized carbons (Fsp3) is 0.878. The standard InChI is InChI=1S/C41H66O9/c1-10-34(43)47-38(41(48-35(44)11-2,49-36(45)12-3)50-37(46)13-4)27(25(5)6)18-17-26(7)29-19-20-30-28-24-33(42)32-16-14-15-22-39(32,8)31(28)21-23-40(29,30)9/h25-32,38H,10-24H2,1-9H3/t26-,27-,28+,29-,30+,31+,32?,38?,39-,40-/m1/s1. The quantitative estimate of drug-likeness (QED) is 0.122. The van der Waals surface area contributed by atoms with Crippen LogP contribution in [0.2, 0.25) is 0 Å². The summed E-state index contributed by atoms with van der Waals surface area (Å²) >= 11 is 0. The zero-order chi connectivity index (χ0) is 37.0. The fourth-order valence-corrected chi connectivity index (χ4v) is 11.1. The molecule has 10 atom stereocenters. The molecule has 4 fully saturated rings. The predicted octanol–water partition coefficient (Wildman–Crippen LogP) is 8.74. The van der Waals surface area contributed by atoms with E-state index in [1.807, 2.05) is 13.8 Å². The minimum Gasteiger partial charge on any atom is -0.449 e. The summed E-state index contributed by atoms with van der Waals surface area (Å²) < 4.78 is 23.2. The summed E-state index contributed by atoms with van der Waals surface area (Å²) in [5, 5.41) is 0. The molecule has 0 aromatic heterocycles. The van der Waals surface area contributed by atoms with E-state index < -0.39 is 41.9 Å². The van der Waals surface area contributed by atoms with Gasteiger partial charge in [0, 0.05) is 43.9 Å². The van der Waals surface area contributed by atoms with Crippen LogP contribution in [0.4, 0.5) is 0 Å². The molecule has 0 aliphatic heterocycles. The van der Waals surface area contributed by atoms with Gasteiger partial charge in [0.1, 0.15) is 5.78 Å². The van der Waals surface area contributed by atoms with Crippen LogP contribution < -0.4 is 0 Å². The van der Waals surface area contributed by atoms with Crippen molar-refractivity contribution in [1.29, 1.82) is 0 Å². The number of Topliss-reactive ketones (excluding diaryl/α,β-unsaturated/α-hetero) is 1. The second kappa shape index (κ2) is 16.5. The summed E-state index contributed by atoms with van der Waals surface area (Å²) in [6, 6.07) is 0. The van der Waals surface area contributed by atoms with Gasteiger partial charge in [0.15, 0.2) is 0 Å². The first kappa shape index (κ1) is 40.3. The van der Waals surface area contributed by atoms with Crippen LogP contribution in [0.25, 0.3) is 0 Å². The summed E-state index contributed by atoms with van der Waals surface area (Å²) in [7, 11) is 0. The number of ketones is 1. The van der Waals surface area contributed by atoms with Crippen LogP contribution in [0.1, 0.15) is 159 Å². The molecule has 0 amide bonds. The maximum Gasteiger partial charge on any atom is 0.463 e. The predicted molar refractivity (Wildman–Crippen MR) is 189 cm³/mol. The normalized spacial score (nSPS) is 32.5. The molecule has 9 nitrogen and oxygen atoms in total. The van der Waals surface area contributed by atoms with E-state index in [0.717, 1.165) is 32.1 Å². The molecule has 2 unspecified atom stereocenters. The zero-order valence-electron chi connectivity index (χ0n) is 32.5. The Bertz CT molecular complexity index is 1200. The highest BCUT2D eigenvalue weighted by Gasteiger charge is 2.62. The molecular weight excluding hydrogens is 636 g/mol. The fourth-order valence-electron chi connectivity index (χ4n) is 11.1. The molecular formula is C41H66O9. The maximum atomic E-state index is 13.6. The topological polar surface area (TPSA) is 122 Å². The summed E-state index contributed by atoms with van der Waals surface area (Å²) in [5.41, 5.74) is 0.294. The van der Waals surface area contributed by atoms with Gasteiger partial charge in [0.2, 0.25) is 6.10 Å². The number of hydrogen-bond donors (Lipinski definition) is 0. The Morgan fingerprint density at radius 3 is 1.82 bits per heavy atom. The Balaban J connectivity index is 1.61. The highest BCUT2D eigenvalue weighted by atomic mass is 16.9. The maximum absolute atomic E-state index is 13.6. The van der Waals surface area contributed by atoms with E-state index in [0.29, 0.717) is 41.8 Å². The minimum atomic E-state index is -2.54. The largest absolute Gasteiger partial charge is 0.463 e. The summed E-state index contributed by atoms with van der Waals surface area (Å²) in [6.07, 6.45) is 9.93. The van der Waals surface area contributed by atoms with Crippen molar-refractivity contribution in [1.82, 2.24) is 0 Å². The van der Waals surface area contributed by atoms with E-state index in [-0.39, 0.29) is 48.3 Å². The number of esters is 4. The molecule has 4 aliphatic rings. The lowest BCUT2D eigenvalue weighted by atomic mass is 9.44. The van der Waals surface area contributed by atoms with Crippen molar-refractivity contribution in [3.63, 3.8) is 0 Å². The van der Waals surface area contributed by atoms with E-state index in [1.54, 1.807) is 27.7 Å². The molecule has 4 rings (SSSR count). The molecule has 0 spiro atoms. The van der Waals surface area contributed by atoms with Crippen LogP contribution in [0, 0.1) is 58.2 Å². The van der Waals surface area contributed by atoms with Crippen LogP contribution >= 0.6 is 0 Å². The highest BCUT2D eigenvalue weighted by molar-refractivity contribution is 5.83. The van der Waals surface area contributed by atoms with Gasteiger partial charge >= 0.3 is 29.9 Å². The van der Waals surface area contributed by atoms with Gasteiger partial charge in [0.05, 0.1) is 0 Å². The number of fused-ring (bicyclic) bond motifs is 5. The second-order valence-corrected chi connectivity index (χ2v) is 16.9. The first-order chi connectivity index (χ1) is 23.6. The summed E-state index contributed by atoms with van der Waals surface area (Å²) in [4.78, 5) is 65.2. The van der Waals surface area contributed by atoms with Crippen molar-refractivity contribution in [3.05, 3.63) is 0 Å². The van der Waals surface area contributed by atoms with Crippen LogP contribution in [-0.2, 0) is 42.9 Å². The van der Waals surface area contributed by atoms with Gasteiger partial charge < -0.3 is 18.9 Å². The minimum absolute atomic E-state index is 0.0330. The van der Waals surface area contributed by atoms with E-state index in [1.165, 1.54) is 32.1 Å². The van der Waals surface area contributed by atoms with Crippen LogP contribution in [0.3, 0.4) is 0 Å². The van der Waals surface area contributed by atoms with Gasteiger partial charge in [0.25, 0.3) is 0 Å². The van der Waals surface area contributed by atoms with Gasteiger partial charge in [-0.2, -0.15) is 0 Å².